The van der Waals surface area contributed by atoms with Crippen LogP contribution < -0.4 is 4.74 Å². The van der Waals surface area contributed by atoms with Crippen LogP contribution in [0.15, 0.2) is 48.8 Å². The number of benzene rings is 1. The molecule has 4 heteroatoms. The summed E-state index contributed by atoms with van der Waals surface area (Å²) >= 11 is 0. The van der Waals surface area contributed by atoms with E-state index in [1.54, 1.807) is 0 Å². The fraction of sp³-hybridized carbons (Fsp3) is 0.211. The van der Waals surface area contributed by atoms with Crippen molar-refractivity contribution in [1.82, 2.24) is 4.40 Å². The van der Waals surface area contributed by atoms with Crippen LogP contribution in [0.2, 0.25) is 0 Å². The van der Waals surface area contributed by atoms with E-state index < -0.39 is 5.97 Å². The largest absolute Gasteiger partial charge is 0.493 e. The first kappa shape index (κ1) is 15.2. The number of carboxylic acid groups (broad SMARTS) is 1. The molecule has 0 saturated heterocycles. The van der Waals surface area contributed by atoms with Crippen molar-refractivity contribution < 1.29 is 14.6 Å². The first-order valence-corrected chi connectivity index (χ1v) is 7.74. The summed E-state index contributed by atoms with van der Waals surface area (Å²) < 4.78 is 7.56. The van der Waals surface area contributed by atoms with Crippen LogP contribution in [-0.2, 0) is 6.42 Å². The lowest BCUT2D eigenvalue weighted by Gasteiger charge is -2.11. The Kier molecular flexibility index (Phi) is 4.06. The molecule has 0 bridgehead atoms. The van der Waals surface area contributed by atoms with Gasteiger partial charge < -0.3 is 14.2 Å². The van der Waals surface area contributed by atoms with Crippen molar-refractivity contribution in [2.75, 3.05) is 6.61 Å². The Morgan fingerprint density at radius 2 is 2.00 bits per heavy atom. The number of carbonyl (C=O) groups is 1. The summed E-state index contributed by atoms with van der Waals surface area (Å²) in [6.45, 7) is 4.54. The zero-order valence-corrected chi connectivity index (χ0v) is 13.2. The lowest BCUT2D eigenvalue weighted by molar-refractivity contribution is 0.0700. The highest BCUT2D eigenvalue weighted by molar-refractivity contribution is 6.04. The van der Waals surface area contributed by atoms with Gasteiger partial charge in [0.25, 0.3) is 0 Å². The van der Waals surface area contributed by atoms with E-state index in [0.717, 1.165) is 17.5 Å². The third kappa shape index (κ3) is 2.68. The number of nitrogens with zero attached hydrogens (tertiary/aromatic N) is 1. The second kappa shape index (κ2) is 6.16. The van der Waals surface area contributed by atoms with Crippen LogP contribution in [0, 0.1) is 0 Å². The normalized spacial score (nSPS) is 10.9. The second-order valence-electron chi connectivity index (χ2n) is 5.33. The molecule has 1 N–H and O–H groups in total. The smallest absolute Gasteiger partial charge is 0.338 e. The Balaban J connectivity index is 2.31. The molecule has 0 aliphatic rings. The Bertz CT molecular complexity index is 864. The molecular formula is C19H19NO3. The van der Waals surface area contributed by atoms with Crippen LogP contribution in [0.3, 0.4) is 0 Å². The zero-order valence-electron chi connectivity index (χ0n) is 13.2. The Morgan fingerprint density at radius 3 is 2.70 bits per heavy atom. The molecule has 3 rings (SSSR count). The number of ether oxygens (including phenoxy) is 1. The number of hydrogen-bond acceptors (Lipinski definition) is 2. The van der Waals surface area contributed by atoms with Gasteiger partial charge in [0.1, 0.15) is 5.75 Å². The molecule has 0 radical (unpaired) electrons. The molecule has 0 spiro atoms. The van der Waals surface area contributed by atoms with Crippen LogP contribution in [0.5, 0.6) is 5.75 Å². The molecule has 2 heterocycles. The van der Waals surface area contributed by atoms with Crippen LogP contribution >= 0.6 is 0 Å². The summed E-state index contributed by atoms with van der Waals surface area (Å²) in [7, 11) is 0. The van der Waals surface area contributed by atoms with Crippen molar-refractivity contribution in [2.45, 2.75) is 20.3 Å². The van der Waals surface area contributed by atoms with Crippen molar-refractivity contribution in [3.63, 3.8) is 0 Å². The van der Waals surface area contributed by atoms with Crippen LogP contribution in [0.25, 0.3) is 16.6 Å². The number of fused-ring (bicyclic) bond motifs is 1. The number of rotatable bonds is 5. The highest BCUT2D eigenvalue weighted by Crippen LogP contribution is 2.36. The van der Waals surface area contributed by atoms with Gasteiger partial charge in [-0.1, -0.05) is 19.1 Å². The standard InChI is InChI=1S/C19H19NO3/c1-3-13-8-9-17(23-4-2)14(11-13)15-12-20-10-6-5-7-16(20)18(15)19(21)22/h5-12H,3-4H2,1-2H3,(H,21,22). The van der Waals surface area contributed by atoms with Gasteiger partial charge in [-0.3, -0.25) is 0 Å². The fourth-order valence-electron chi connectivity index (χ4n) is 2.84. The van der Waals surface area contributed by atoms with Gasteiger partial charge in [-0.15, -0.1) is 0 Å². The summed E-state index contributed by atoms with van der Waals surface area (Å²) in [4.78, 5) is 11.8. The average molecular weight is 309 g/mol. The van der Waals surface area contributed by atoms with Crippen LogP contribution in [-0.4, -0.2) is 22.1 Å². The molecule has 3 aromatic rings. The molecule has 0 atom stereocenters. The van der Waals surface area contributed by atoms with Crippen LogP contribution in [0.4, 0.5) is 0 Å². The SMILES string of the molecule is CCOc1ccc(CC)cc1-c1cn2ccccc2c1C(=O)O. The summed E-state index contributed by atoms with van der Waals surface area (Å²) in [5.74, 6) is -0.221. The molecule has 0 aliphatic heterocycles. The topological polar surface area (TPSA) is 50.9 Å². The average Bonchev–Trinajstić information content (AvgIpc) is 2.95. The maximum Gasteiger partial charge on any atom is 0.338 e. The minimum Gasteiger partial charge on any atom is -0.493 e. The number of aromatic nitrogens is 1. The van der Waals surface area contributed by atoms with E-state index in [1.165, 1.54) is 0 Å². The zero-order chi connectivity index (χ0) is 16.4. The minimum absolute atomic E-state index is 0.305. The monoisotopic (exact) mass is 309 g/mol. The van der Waals surface area contributed by atoms with E-state index in [-0.39, 0.29) is 0 Å². The molecular weight excluding hydrogens is 290 g/mol. The molecule has 23 heavy (non-hydrogen) atoms. The van der Waals surface area contributed by atoms with E-state index >= 15 is 0 Å². The van der Waals surface area contributed by atoms with Gasteiger partial charge in [-0.2, -0.15) is 0 Å². The van der Waals surface area contributed by atoms with Crippen molar-refractivity contribution in [2.24, 2.45) is 0 Å². The van der Waals surface area contributed by atoms with E-state index in [9.17, 15) is 9.90 Å². The molecule has 0 fully saturated rings. The fourth-order valence-corrected chi connectivity index (χ4v) is 2.84. The number of carboxylic acids is 1. The van der Waals surface area contributed by atoms with E-state index in [1.807, 2.05) is 60.1 Å². The maximum atomic E-state index is 11.8. The molecule has 2 aromatic heterocycles. The third-order valence-electron chi connectivity index (χ3n) is 3.94. The van der Waals surface area contributed by atoms with Gasteiger partial charge in [0.15, 0.2) is 0 Å². The van der Waals surface area contributed by atoms with Crippen molar-refractivity contribution in [1.29, 1.82) is 0 Å². The summed E-state index contributed by atoms with van der Waals surface area (Å²) in [6, 6.07) is 11.5. The van der Waals surface area contributed by atoms with E-state index in [0.29, 0.717) is 29.0 Å². The first-order chi connectivity index (χ1) is 11.2. The third-order valence-corrected chi connectivity index (χ3v) is 3.94. The van der Waals surface area contributed by atoms with Gasteiger partial charge >= 0.3 is 5.97 Å². The van der Waals surface area contributed by atoms with Gasteiger partial charge in [-0.25, -0.2) is 4.79 Å². The van der Waals surface area contributed by atoms with Gasteiger partial charge in [0.2, 0.25) is 0 Å². The molecule has 4 nitrogen and oxygen atoms in total. The lowest BCUT2D eigenvalue weighted by atomic mass is 9.99. The molecule has 118 valence electrons. The van der Waals surface area contributed by atoms with Gasteiger partial charge in [-0.05, 0) is 43.2 Å². The van der Waals surface area contributed by atoms with Gasteiger partial charge in [0, 0.05) is 23.5 Å². The number of pyridine rings is 1. The highest BCUT2D eigenvalue weighted by Gasteiger charge is 2.21. The quantitative estimate of drug-likeness (QED) is 0.766. The minimum atomic E-state index is -0.932. The van der Waals surface area contributed by atoms with E-state index in [4.69, 9.17) is 4.74 Å². The first-order valence-electron chi connectivity index (χ1n) is 7.74. The molecule has 0 saturated carbocycles. The Hall–Kier alpha value is -2.75. The maximum absolute atomic E-state index is 11.8. The summed E-state index contributed by atoms with van der Waals surface area (Å²) in [5, 5.41) is 9.71. The number of aryl methyl sites for hydroxylation is 1. The summed E-state index contributed by atoms with van der Waals surface area (Å²) in [5.41, 5.74) is 3.64. The van der Waals surface area contributed by atoms with Crippen molar-refractivity contribution in [3.05, 3.63) is 59.9 Å². The lowest BCUT2D eigenvalue weighted by Crippen LogP contribution is -2.00. The van der Waals surface area contributed by atoms with Gasteiger partial charge in [0.05, 0.1) is 17.7 Å². The summed E-state index contributed by atoms with van der Waals surface area (Å²) in [6.07, 6.45) is 4.60. The Labute approximate surface area is 135 Å². The predicted molar refractivity (Wildman–Crippen MR) is 90.3 cm³/mol. The van der Waals surface area contributed by atoms with Crippen molar-refractivity contribution in [3.8, 4) is 16.9 Å². The predicted octanol–water partition coefficient (Wildman–Crippen LogP) is 4.27. The number of aromatic carboxylic acids is 1. The Morgan fingerprint density at radius 1 is 1.17 bits per heavy atom. The molecule has 0 aliphatic carbocycles. The highest BCUT2D eigenvalue weighted by atomic mass is 16.5. The molecule has 0 unspecified atom stereocenters. The molecule has 0 amide bonds. The second-order valence-corrected chi connectivity index (χ2v) is 5.33. The van der Waals surface area contributed by atoms with Crippen LogP contribution in [0.1, 0.15) is 29.8 Å². The number of hydrogen-bond donors (Lipinski definition) is 1. The van der Waals surface area contributed by atoms with E-state index in [2.05, 4.69) is 6.92 Å². The van der Waals surface area contributed by atoms with Crippen molar-refractivity contribution >= 4 is 11.5 Å². The molecule has 1 aromatic carbocycles.